The number of benzene rings is 2. The standard InChI is InChI=1S/C29H28F2N4O3/c1-34-16-20(15-32-34)22-12-17-5-3-9-35(25(17)14-23(22)27(30)31)28-21-8-7-18(26-6-4-10-38-26)11-19(21)13-24(33-28)29(36)37-2/h7-8,11-16,26-27H,3-6,9-10H2,1-2H3. The number of methoxy groups -OCH3 is 1. The molecule has 0 saturated carbocycles. The molecule has 4 aromatic rings. The van der Waals surface area contributed by atoms with Crippen LogP contribution < -0.4 is 4.90 Å². The van der Waals surface area contributed by atoms with E-state index in [0.717, 1.165) is 54.2 Å². The highest BCUT2D eigenvalue weighted by atomic mass is 19.3. The van der Waals surface area contributed by atoms with Gasteiger partial charge in [-0.15, -0.1) is 0 Å². The zero-order valence-corrected chi connectivity index (χ0v) is 21.3. The average Bonchev–Trinajstić information content (AvgIpc) is 3.63. The van der Waals surface area contributed by atoms with E-state index in [1.165, 1.54) is 7.11 Å². The molecule has 196 valence electrons. The smallest absolute Gasteiger partial charge is 0.356 e. The first kappa shape index (κ1) is 24.5. The molecule has 0 radical (unpaired) electrons. The third-order valence-electron chi connectivity index (χ3n) is 7.41. The van der Waals surface area contributed by atoms with Gasteiger partial charge >= 0.3 is 5.97 Å². The lowest BCUT2D eigenvalue weighted by Crippen LogP contribution is -2.26. The lowest BCUT2D eigenvalue weighted by atomic mass is 9.92. The molecule has 7 nitrogen and oxygen atoms in total. The van der Waals surface area contributed by atoms with Crippen molar-refractivity contribution < 1.29 is 23.0 Å². The number of carbonyl (C=O) groups is 1. The summed E-state index contributed by atoms with van der Waals surface area (Å²) in [4.78, 5) is 19.2. The van der Waals surface area contributed by atoms with Crippen LogP contribution in [0.3, 0.4) is 0 Å². The summed E-state index contributed by atoms with van der Waals surface area (Å²) in [5.41, 5.74) is 3.93. The van der Waals surface area contributed by atoms with Crippen molar-refractivity contribution in [2.75, 3.05) is 25.2 Å². The van der Waals surface area contributed by atoms with Gasteiger partial charge in [-0.2, -0.15) is 5.10 Å². The Balaban J connectivity index is 1.52. The number of aryl methyl sites for hydroxylation is 2. The van der Waals surface area contributed by atoms with Gasteiger partial charge in [0.2, 0.25) is 0 Å². The summed E-state index contributed by atoms with van der Waals surface area (Å²) in [6, 6.07) is 11.2. The van der Waals surface area contributed by atoms with Gasteiger partial charge in [-0.1, -0.05) is 12.1 Å². The second-order valence-electron chi connectivity index (χ2n) is 9.83. The van der Waals surface area contributed by atoms with Crippen molar-refractivity contribution in [1.29, 1.82) is 0 Å². The van der Waals surface area contributed by atoms with E-state index in [9.17, 15) is 13.6 Å². The van der Waals surface area contributed by atoms with Crippen molar-refractivity contribution >= 4 is 28.2 Å². The number of hydrogen-bond acceptors (Lipinski definition) is 6. The highest BCUT2D eigenvalue weighted by Gasteiger charge is 2.28. The topological polar surface area (TPSA) is 69.5 Å². The number of pyridine rings is 1. The van der Waals surface area contributed by atoms with E-state index in [2.05, 4.69) is 5.10 Å². The fraction of sp³-hybridized carbons (Fsp3) is 0.345. The third kappa shape index (κ3) is 4.30. The summed E-state index contributed by atoms with van der Waals surface area (Å²) < 4.78 is 41.2. The summed E-state index contributed by atoms with van der Waals surface area (Å²) in [6.45, 7) is 1.32. The number of rotatable bonds is 5. The normalized spacial score (nSPS) is 17.3. The first-order valence-electron chi connectivity index (χ1n) is 12.8. The van der Waals surface area contributed by atoms with Crippen molar-refractivity contribution in [3.8, 4) is 11.1 Å². The Bertz CT molecular complexity index is 1530. The number of hydrogen-bond donors (Lipinski definition) is 0. The van der Waals surface area contributed by atoms with Crippen molar-refractivity contribution in [1.82, 2.24) is 14.8 Å². The molecular formula is C29H28F2N4O3. The van der Waals surface area contributed by atoms with Gasteiger partial charge in [0.15, 0.2) is 5.69 Å². The van der Waals surface area contributed by atoms with Gasteiger partial charge in [-0.05, 0) is 72.0 Å². The summed E-state index contributed by atoms with van der Waals surface area (Å²) in [6.07, 6.45) is 4.22. The second kappa shape index (κ2) is 9.79. The number of esters is 1. The molecule has 2 aliphatic rings. The molecule has 1 saturated heterocycles. The Morgan fingerprint density at radius 3 is 2.76 bits per heavy atom. The molecule has 1 unspecified atom stereocenters. The number of halogens is 2. The van der Waals surface area contributed by atoms with Crippen LogP contribution in [0.25, 0.3) is 21.9 Å². The number of carbonyl (C=O) groups excluding carboxylic acids is 1. The zero-order chi connectivity index (χ0) is 26.4. The lowest BCUT2D eigenvalue weighted by Gasteiger charge is -2.32. The SMILES string of the molecule is COC(=O)c1cc2cc(C3CCCO3)ccc2c(N2CCCc3cc(-c4cnn(C)c4)c(C(F)F)cc32)n1. The minimum absolute atomic E-state index is 0.0211. The maximum Gasteiger partial charge on any atom is 0.356 e. The molecule has 9 heteroatoms. The molecule has 1 fully saturated rings. The second-order valence-corrected chi connectivity index (χ2v) is 9.83. The van der Waals surface area contributed by atoms with Gasteiger partial charge in [-0.3, -0.25) is 4.68 Å². The highest BCUT2D eigenvalue weighted by molar-refractivity contribution is 6.00. The van der Waals surface area contributed by atoms with Gasteiger partial charge < -0.3 is 14.4 Å². The zero-order valence-electron chi connectivity index (χ0n) is 21.3. The molecule has 2 aliphatic heterocycles. The summed E-state index contributed by atoms with van der Waals surface area (Å²) in [5, 5.41) is 5.84. The summed E-state index contributed by atoms with van der Waals surface area (Å²) in [7, 11) is 3.09. The molecule has 38 heavy (non-hydrogen) atoms. The van der Waals surface area contributed by atoms with E-state index >= 15 is 0 Å². The van der Waals surface area contributed by atoms with E-state index in [4.69, 9.17) is 14.5 Å². The molecule has 1 atom stereocenters. The van der Waals surface area contributed by atoms with Gasteiger partial charge in [-0.25, -0.2) is 18.6 Å². The Morgan fingerprint density at radius 2 is 2.05 bits per heavy atom. The summed E-state index contributed by atoms with van der Waals surface area (Å²) in [5.74, 6) is 0.00480. The van der Waals surface area contributed by atoms with Crippen LogP contribution in [0.4, 0.5) is 20.3 Å². The Hall–Kier alpha value is -3.85. The van der Waals surface area contributed by atoms with Crippen LogP contribution in [-0.2, 0) is 22.9 Å². The van der Waals surface area contributed by atoms with E-state index in [1.807, 2.05) is 29.2 Å². The molecule has 0 amide bonds. The van der Waals surface area contributed by atoms with Crippen LogP contribution >= 0.6 is 0 Å². The molecule has 0 aliphatic carbocycles. The number of aromatic nitrogens is 3. The molecular weight excluding hydrogens is 490 g/mol. The number of ether oxygens (including phenoxy) is 2. The van der Waals surface area contributed by atoms with Gasteiger partial charge in [0.05, 0.1) is 19.4 Å². The van der Waals surface area contributed by atoms with Crippen molar-refractivity contribution in [3.63, 3.8) is 0 Å². The first-order chi connectivity index (χ1) is 18.4. The average molecular weight is 519 g/mol. The Kier molecular flexibility index (Phi) is 6.31. The first-order valence-corrected chi connectivity index (χ1v) is 12.8. The van der Waals surface area contributed by atoms with Gasteiger partial charge in [0, 0.05) is 48.6 Å². The Labute approximate surface area is 219 Å². The molecule has 0 bridgehead atoms. The van der Waals surface area contributed by atoms with Crippen molar-refractivity contribution in [2.24, 2.45) is 7.05 Å². The predicted octanol–water partition coefficient (Wildman–Crippen LogP) is 6.30. The number of fused-ring (bicyclic) bond motifs is 2. The van der Waals surface area contributed by atoms with Crippen LogP contribution in [0.2, 0.25) is 0 Å². The number of anilines is 2. The quantitative estimate of drug-likeness (QED) is 0.289. The van der Waals surface area contributed by atoms with E-state index in [-0.39, 0.29) is 17.4 Å². The van der Waals surface area contributed by atoms with Crippen LogP contribution in [0.5, 0.6) is 0 Å². The maximum atomic E-state index is 14.3. The van der Waals surface area contributed by atoms with Crippen LogP contribution in [-0.4, -0.2) is 41.0 Å². The fourth-order valence-electron chi connectivity index (χ4n) is 5.57. The summed E-state index contributed by atoms with van der Waals surface area (Å²) >= 11 is 0. The molecule has 0 N–H and O–H groups in total. The minimum atomic E-state index is -2.67. The monoisotopic (exact) mass is 518 g/mol. The van der Waals surface area contributed by atoms with Crippen molar-refractivity contribution in [3.05, 3.63) is 71.2 Å². The number of alkyl halides is 2. The molecule has 2 aromatic heterocycles. The molecule has 0 spiro atoms. The van der Waals surface area contributed by atoms with Crippen molar-refractivity contribution in [2.45, 2.75) is 38.2 Å². The largest absolute Gasteiger partial charge is 0.464 e. The minimum Gasteiger partial charge on any atom is -0.464 e. The van der Waals surface area contributed by atoms with Crippen LogP contribution in [0, 0.1) is 0 Å². The maximum absolute atomic E-state index is 14.3. The number of nitrogens with zero attached hydrogens (tertiary/aromatic N) is 4. The Morgan fingerprint density at radius 1 is 1.18 bits per heavy atom. The van der Waals surface area contributed by atoms with E-state index in [0.29, 0.717) is 29.2 Å². The van der Waals surface area contributed by atoms with Gasteiger partial charge in [0.1, 0.15) is 5.82 Å². The molecule has 6 rings (SSSR count). The molecule has 2 aromatic carbocycles. The molecule has 4 heterocycles. The lowest BCUT2D eigenvalue weighted by molar-refractivity contribution is 0.0594. The highest BCUT2D eigenvalue weighted by Crippen LogP contribution is 2.43. The van der Waals surface area contributed by atoms with E-state index in [1.54, 1.807) is 36.3 Å². The fourth-order valence-corrected chi connectivity index (χ4v) is 5.57. The van der Waals surface area contributed by atoms with E-state index < -0.39 is 12.4 Å². The van der Waals surface area contributed by atoms with Crippen LogP contribution in [0.15, 0.2) is 48.8 Å². The van der Waals surface area contributed by atoms with Gasteiger partial charge in [0.25, 0.3) is 6.43 Å². The predicted molar refractivity (Wildman–Crippen MR) is 140 cm³/mol. The third-order valence-corrected chi connectivity index (χ3v) is 7.41. The van der Waals surface area contributed by atoms with Crippen LogP contribution in [0.1, 0.15) is 59.0 Å².